The number of hydrogen-bond acceptors (Lipinski definition) is 6. The van der Waals surface area contributed by atoms with Gasteiger partial charge >= 0.3 is 6.61 Å². The molecule has 0 saturated carbocycles. The van der Waals surface area contributed by atoms with E-state index in [1.807, 2.05) is 19.9 Å². The van der Waals surface area contributed by atoms with Crippen molar-refractivity contribution >= 4 is 17.7 Å². The molecule has 2 aromatic rings. The number of methoxy groups -OCH3 is 1. The maximum Gasteiger partial charge on any atom is 0.387 e. The molecule has 0 radical (unpaired) electrons. The Labute approximate surface area is 160 Å². The zero-order valence-corrected chi connectivity index (χ0v) is 16.3. The third-order valence-corrected chi connectivity index (χ3v) is 4.41. The minimum absolute atomic E-state index is 0.0484. The zero-order chi connectivity index (χ0) is 20.0. The molecule has 0 saturated heterocycles. The van der Waals surface area contributed by atoms with Gasteiger partial charge in [0.25, 0.3) is 0 Å². The molecular weight excluding hydrogens is 376 g/mol. The van der Waals surface area contributed by atoms with Crippen molar-refractivity contribution in [2.45, 2.75) is 32.2 Å². The second-order valence-corrected chi connectivity index (χ2v) is 6.78. The van der Waals surface area contributed by atoms with Crippen molar-refractivity contribution in [3.8, 4) is 11.5 Å². The highest BCUT2D eigenvalue weighted by Crippen LogP contribution is 2.29. The molecule has 9 heteroatoms. The van der Waals surface area contributed by atoms with Gasteiger partial charge in [0, 0.05) is 25.0 Å². The van der Waals surface area contributed by atoms with Crippen LogP contribution in [0, 0.1) is 13.8 Å². The molecule has 0 aliphatic carbocycles. The van der Waals surface area contributed by atoms with Gasteiger partial charge in [-0.05, 0) is 37.6 Å². The van der Waals surface area contributed by atoms with E-state index in [2.05, 4.69) is 14.7 Å². The molecule has 6 nitrogen and oxygen atoms in total. The van der Waals surface area contributed by atoms with Crippen LogP contribution >= 0.6 is 11.8 Å². The molecule has 146 valence electrons. The fourth-order valence-electron chi connectivity index (χ4n) is 2.36. The lowest BCUT2D eigenvalue weighted by molar-refractivity contribution is -0.127. The minimum Gasteiger partial charge on any atom is -0.493 e. The van der Waals surface area contributed by atoms with Crippen LogP contribution < -0.4 is 9.47 Å². The molecule has 0 fully saturated rings. The Balaban J connectivity index is 1.97. The molecule has 0 aliphatic heterocycles. The number of hydrogen-bond donors (Lipinski definition) is 0. The Morgan fingerprint density at radius 1 is 1.19 bits per heavy atom. The number of amides is 1. The van der Waals surface area contributed by atoms with Crippen molar-refractivity contribution in [1.29, 1.82) is 0 Å². The number of carbonyl (C=O) groups is 1. The lowest BCUT2D eigenvalue weighted by Gasteiger charge is -2.18. The summed E-state index contributed by atoms with van der Waals surface area (Å²) in [5, 5.41) is 0.560. The Bertz CT molecular complexity index is 785. The molecule has 0 spiro atoms. The SMILES string of the molecule is COc1cc(CN(C)C(=O)CSc2nc(C)cc(C)n2)ccc1OC(F)F. The van der Waals surface area contributed by atoms with Gasteiger partial charge in [0.05, 0.1) is 12.9 Å². The molecule has 27 heavy (non-hydrogen) atoms. The van der Waals surface area contributed by atoms with Crippen LogP contribution in [0.1, 0.15) is 17.0 Å². The molecule has 1 amide bonds. The topological polar surface area (TPSA) is 64.5 Å². The van der Waals surface area contributed by atoms with Crippen LogP contribution in [0.4, 0.5) is 8.78 Å². The fraction of sp³-hybridized carbons (Fsp3) is 0.389. The average Bonchev–Trinajstić information content (AvgIpc) is 2.59. The predicted octanol–water partition coefficient (Wildman–Crippen LogP) is 3.45. The third kappa shape index (κ3) is 6.35. The summed E-state index contributed by atoms with van der Waals surface area (Å²) in [5.41, 5.74) is 2.44. The van der Waals surface area contributed by atoms with Crippen LogP contribution in [0.25, 0.3) is 0 Å². The summed E-state index contributed by atoms with van der Waals surface area (Å²) in [5.74, 6) is 0.234. The smallest absolute Gasteiger partial charge is 0.387 e. The van der Waals surface area contributed by atoms with Gasteiger partial charge in [-0.3, -0.25) is 4.79 Å². The van der Waals surface area contributed by atoms with Gasteiger partial charge < -0.3 is 14.4 Å². The molecular formula is C18H21F2N3O3S. The maximum atomic E-state index is 12.4. The van der Waals surface area contributed by atoms with E-state index in [1.54, 1.807) is 19.2 Å². The van der Waals surface area contributed by atoms with Crippen molar-refractivity contribution in [3.63, 3.8) is 0 Å². The van der Waals surface area contributed by atoms with Crippen molar-refractivity contribution < 1.29 is 23.0 Å². The summed E-state index contributed by atoms with van der Waals surface area (Å²) in [7, 11) is 3.04. The molecule has 1 aromatic carbocycles. The quantitative estimate of drug-likeness (QED) is 0.502. The largest absolute Gasteiger partial charge is 0.493 e. The number of benzene rings is 1. The van der Waals surface area contributed by atoms with E-state index >= 15 is 0 Å². The van der Waals surface area contributed by atoms with Crippen LogP contribution in [-0.4, -0.2) is 47.3 Å². The highest BCUT2D eigenvalue weighted by atomic mass is 32.2. The number of carbonyl (C=O) groups excluding carboxylic acids is 1. The van der Waals surface area contributed by atoms with E-state index in [1.165, 1.54) is 29.8 Å². The number of nitrogens with zero attached hydrogens (tertiary/aromatic N) is 3. The van der Waals surface area contributed by atoms with Gasteiger partial charge in [-0.15, -0.1) is 0 Å². The zero-order valence-electron chi connectivity index (χ0n) is 15.5. The first-order chi connectivity index (χ1) is 12.8. The molecule has 1 aromatic heterocycles. The molecule has 0 atom stereocenters. The van der Waals surface area contributed by atoms with E-state index in [0.717, 1.165) is 17.0 Å². The third-order valence-electron chi connectivity index (χ3n) is 3.58. The standard InChI is InChI=1S/C18H21F2N3O3S/c1-11-7-12(2)22-18(21-11)27-10-16(24)23(3)9-13-5-6-14(26-17(19)20)15(8-13)25-4/h5-8,17H,9-10H2,1-4H3. The van der Waals surface area contributed by atoms with Crippen LogP contribution in [-0.2, 0) is 11.3 Å². The van der Waals surface area contributed by atoms with E-state index in [-0.39, 0.29) is 23.2 Å². The number of alkyl halides is 2. The molecule has 0 bridgehead atoms. The Hall–Kier alpha value is -2.42. The number of thioether (sulfide) groups is 1. The van der Waals surface area contributed by atoms with Crippen molar-refractivity contribution in [2.75, 3.05) is 19.9 Å². The highest BCUT2D eigenvalue weighted by Gasteiger charge is 2.15. The second kappa shape index (κ2) is 9.50. The van der Waals surface area contributed by atoms with Gasteiger partial charge in [0.1, 0.15) is 0 Å². The summed E-state index contributed by atoms with van der Waals surface area (Å²) in [6, 6.07) is 6.45. The summed E-state index contributed by atoms with van der Waals surface area (Å²) in [6.07, 6.45) is 0. The molecule has 0 aliphatic rings. The highest BCUT2D eigenvalue weighted by molar-refractivity contribution is 7.99. The molecule has 0 N–H and O–H groups in total. The number of aromatic nitrogens is 2. The number of ether oxygens (including phenoxy) is 2. The molecule has 2 rings (SSSR count). The van der Waals surface area contributed by atoms with E-state index in [9.17, 15) is 13.6 Å². The van der Waals surface area contributed by atoms with Crippen molar-refractivity contribution in [2.24, 2.45) is 0 Å². The van der Waals surface area contributed by atoms with Crippen LogP contribution in [0.15, 0.2) is 29.4 Å². The Kier molecular flexibility index (Phi) is 7.35. The molecule has 0 unspecified atom stereocenters. The summed E-state index contributed by atoms with van der Waals surface area (Å²) in [6.45, 7) is 1.12. The summed E-state index contributed by atoms with van der Waals surface area (Å²) < 4.78 is 34.2. The monoisotopic (exact) mass is 397 g/mol. The first-order valence-electron chi connectivity index (χ1n) is 8.09. The first-order valence-corrected chi connectivity index (χ1v) is 9.08. The van der Waals surface area contributed by atoms with Gasteiger partial charge in [-0.1, -0.05) is 17.8 Å². The lowest BCUT2D eigenvalue weighted by atomic mass is 10.2. The van der Waals surface area contributed by atoms with Gasteiger partial charge in [0.15, 0.2) is 16.7 Å². The lowest BCUT2D eigenvalue weighted by Crippen LogP contribution is -2.27. The van der Waals surface area contributed by atoms with E-state index in [0.29, 0.717) is 11.7 Å². The number of aryl methyl sites for hydroxylation is 2. The molecule has 1 heterocycles. The number of rotatable bonds is 8. The summed E-state index contributed by atoms with van der Waals surface area (Å²) >= 11 is 1.27. The normalized spacial score (nSPS) is 10.8. The van der Waals surface area contributed by atoms with Crippen LogP contribution in [0.2, 0.25) is 0 Å². The predicted molar refractivity (Wildman–Crippen MR) is 98.3 cm³/mol. The maximum absolute atomic E-state index is 12.4. The minimum atomic E-state index is -2.93. The van der Waals surface area contributed by atoms with Gasteiger partial charge in [-0.25, -0.2) is 9.97 Å². The first kappa shape index (κ1) is 20.9. The number of halogens is 2. The van der Waals surface area contributed by atoms with Crippen LogP contribution in [0.3, 0.4) is 0 Å². The van der Waals surface area contributed by atoms with Gasteiger partial charge in [0.2, 0.25) is 5.91 Å². The Morgan fingerprint density at radius 3 is 2.44 bits per heavy atom. The second-order valence-electron chi connectivity index (χ2n) is 5.84. The van der Waals surface area contributed by atoms with E-state index < -0.39 is 6.61 Å². The van der Waals surface area contributed by atoms with E-state index in [4.69, 9.17) is 4.74 Å². The average molecular weight is 397 g/mol. The Morgan fingerprint density at radius 2 is 1.85 bits per heavy atom. The van der Waals surface area contributed by atoms with Crippen molar-refractivity contribution in [1.82, 2.24) is 14.9 Å². The van der Waals surface area contributed by atoms with Crippen molar-refractivity contribution in [3.05, 3.63) is 41.2 Å². The summed E-state index contributed by atoms with van der Waals surface area (Å²) in [4.78, 5) is 22.5. The fourth-order valence-corrected chi connectivity index (χ4v) is 3.25. The van der Waals surface area contributed by atoms with Gasteiger partial charge in [-0.2, -0.15) is 8.78 Å². The van der Waals surface area contributed by atoms with Crippen LogP contribution in [0.5, 0.6) is 11.5 Å².